The highest BCUT2D eigenvalue weighted by atomic mass is 32.1. The van der Waals surface area contributed by atoms with E-state index in [2.05, 4.69) is 46.8 Å². The first kappa shape index (κ1) is 47.0. The average molecular weight is 820 g/mol. The molecule has 0 N–H and O–H groups in total. The molecule has 3 heterocycles. The van der Waals surface area contributed by atoms with Crippen LogP contribution in [0.5, 0.6) is 11.5 Å². The van der Waals surface area contributed by atoms with E-state index in [1.165, 1.54) is 125 Å². The number of imide groups is 1. The van der Waals surface area contributed by atoms with Gasteiger partial charge in [-0.05, 0) is 56.7 Å². The molecule has 0 aliphatic carbocycles. The highest BCUT2D eigenvalue weighted by molar-refractivity contribution is 7.24. The monoisotopic (exact) mass is 820 g/mol. The van der Waals surface area contributed by atoms with Gasteiger partial charge in [0.05, 0.1) is 34.1 Å². The molecule has 0 saturated carbocycles. The van der Waals surface area contributed by atoms with Crippen molar-refractivity contribution in [1.82, 2.24) is 4.90 Å². The summed E-state index contributed by atoms with van der Waals surface area (Å²) in [5.41, 5.74) is 2.82. The number of aryl methyl sites for hydroxylation is 2. The Morgan fingerprint density at radius 2 is 1.04 bits per heavy atom. The molecular formula is C50H77NO4S2. The second-order valence-electron chi connectivity index (χ2n) is 16.7. The van der Waals surface area contributed by atoms with E-state index in [1.54, 1.807) is 22.7 Å². The standard InChI is InChI=1S/C50H77NO4S2/c1-7-11-14-16-18-20-22-24-26-28-33-54-42-35-39(6)56-47(42)48-43(55-34-29-27-25-23-21-19-17-15-12-8-2)36-44(57-48)41-32-31-38(5)45-46(41)50(53)51(49(45)52)37-40(10-4)30-13-9-3/h31-32,35-36,40H,7-30,33-34,37H2,1-6H3. The predicted octanol–water partition coefficient (Wildman–Crippen LogP) is 16.2. The Labute approximate surface area is 355 Å². The predicted molar refractivity (Wildman–Crippen MR) is 246 cm³/mol. The number of ether oxygens (including phenoxy) is 2. The smallest absolute Gasteiger partial charge is 0.262 e. The van der Waals surface area contributed by atoms with Crippen LogP contribution >= 0.6 is 22.7 Å². The lowest BCUT2D eigenvalue weighted by atomic mass is 9.97. The maximum Gasteiger partial charge on any atom is 0.262 e. The van der Waals surface area contributed by atoms with Crippen molar-refractivity contribution in [3.05, 3.63) is 45.8 Å². The quantitative estimate of drug-likeness (QED) is 0.0465. The van der Waals surface area contributed by atoms with E-state index in [4.69, 9.17) is 9.47 Å². The zero-order chi connectivity index (χ0) is 40.8. The van der Waals surface area contributed by atoms with Crippen LogP contribution in [0.2, 0.25) is 0 Å². The van der Waals surface area contributed by atoms with Gasteiger partial charge in [0.2, 0.25) is 0 Å². The number of hydrogen-bond acceptors (Lipinski definition) is 6. The molecule has 0 bridgehead atoms. The lowest BCUT2D eigenvalue weighted by molar-refractivity contribution is 0.0624. The first-order valence-corrected chi connectivity index (χ1v) is 25.0. The Morgan fingerprint density at radius 3 is 1.56 bits per heavy atom. The van der Waals surface area contributed by atoms with Crippen LogP contribution in [0.15, 0.2) is 24.3 Å². The normalized spacial score (nSPS) is 13.2. The number of carbonyl (C=O) groups excluding carboxylic acids is 2. The fourth-order valence-corrected chi connectivity index (χ4v) is 10.4. The molecule has 0 fully saturated rings. The van der Waals surface area contributed by atoms with Gasteiger partial charge in [-0.25, -0.2) is 0 Å². The van der Waals surface area contributed by atoms with Crippen molar-refractivity contribution >= 4 is 34.5 Å². The van der Waals surface area contributed by atoms with Crippen LogP contribution in [0.4, 0.5) is 0 Å². The van der Waals surface area contributed by atoms with Crippen molar-refractivity contribution in [2.75, 3.05) is 19.8 Å². The third-order valence-corrected chi connectivity index (χ3v) is 14.2. The number of fused-ring (bicyclic) bond motifs is 1. The van der Waals surface area contributed by atoms with E-state index in [0.29, 0.717) is 36.8 Å². The third kappa shape index (κ3) is 14.5. The van der Waals surface area contributed by atoms with E-state index in [0.717, 1.165) is 75.8 Å². The molecule has 318 valence electrons. The highest BCUT2D eigenvalue weighted by Crippen LogP contribution is 2.51. The Balaban J connectivity index is 1.50. The minimum atomic E-state index is -0.154. The van der Waals surface area contributed by atoms with Gasteiger partial charge < -0.3 is 9.47 Å². The van der Waals surface area contributed by atoms with Crippen molar-refractivity contribution < 1.29 is 19.1 Å². The molecule has 0 spiro atoms. The van der Waals surface area contributed by atoms with Gasteiger partial charge in [-0.1, -0.05) is 175 Å². The maximum absolute atomic E-state index is 14.2. The Bertz CT molecular complexity index is 1620. The number of carbonyl (C=O) groups is 2. The van der Waals surface area contributed by atoms with Crippen molar-refractivity contribution in [2.24, 2.45) is 5.92 Å². The highest BCUT2D eigenvalue weighted by Gasteiger charge is 2.40. The molecule has 4 rings (SSSR count). The summed E-state index contributed by atoms with van der Waals surface area (Å²) in [7, 11) is 0. The van der Waals surface area contributed by atoms with Crippen LogP contribution in [-0.4, -0.2) is 36.5 Å². The molecular weight excluding hydrogens is 743 g/mol. The number of rotatable bonds is 32. The van der Waals surface area contributed by atoms with Gasteiger partial charge in [-0.3, -0.25) is 14.5 Å². The van der Waals surface area contributed by atoms with Gasteiger partial charge in [0.15, 0.2) is 0 Å². The maximum atomic E-state index is 14.2. The van der Waals surface area contributed by atoms with Crippen molar-refractivity contribution in [1.29, 1.82) is 0 Å². The molecule has 1 atom stereocenters. The van der Waals surface area contributed by atoms with E-state index in [-0.39, 0.29) is 11.8 Å². The molecule has 2 aromatic heterocycles. The van der Waals surface area contributed by atoms with Crippen LogP contribution in [0.25, 0.3) is 20.2 Å². The number of unbranched alkanes of at least 4 members (excludes halogenated alkanes) is 19. The average Bonchev–Trinajstić information content (AvgIpc) is 3.87. The van der Waals surface area contributed by atoms with Crippen molar-refractivity contribution in [3.63, 3.8) is 0 Å². The van der Waals surface area contributed by atoms with Crippen molar-refractivity contribution in [2.45, 2.75) is 196 Å². The second-order valence-corrected chi connectivity index (χ2v) is 19.0. The summed E-state index contributed by atoms with van der Waals surface area (Å²) in [6, 6.07) is 8.35. The molecule has 1 aromatic carbocycles. The SMILES string of the molecule is CCCCCCCCCCCCOc1cc(C)sc1-c1sc(-c2ccc(C)c3c2C(=O)N(CC(CC)CCCC)C3=O)cc1OCCCCCCCCCCCC. The molecule has 2 amide bonds. The van der Waals surface area contributed by atoms with Crippen LogP contribution in [0, 0.1) is 19.8 Å². The number of benzene rings is 1. The molecule has 5 nitrogen and oxygen atoms in total. The second kappa shape index (κ2) is 26.5. The fraction of sp³-hybridized carbons (Fsp3) is 0.680. The van der Waals surface area contributed by atoms with Gasteiger partial charge in [0.1, 0.15) is 11.5 Å². The van der Waals surface area contributed by atoms with E-state index in [1.807, 2.05) is 19.1 Å². The Morgan fingerprint density at radius 1 is 0.561 bits per heavy atom. The molecule has 1 aliphatic heterocycles. The summed E-state index contributed by atoms with van der Waals surface area (Å²) >= 11 is 3.42. The minimum Gasteiger partial charge on any atom is -0.492 e. The molecule has 1 unspecified atom stereocenters. The van der Waals surface area contributed by atoms with Crippen molar-refractivity contribution in [3.8, 4) is 31.7 Å². The third-order valence-electron chi connectivity index (χ3n) is 11.8. The van der Waals surface area contributed by atoms with E-state index >= 15 is 0 Å². The van der Waals surface area contributed by atoms with Gasteiger partial charge in [0.25, 0.3) is 11.8 Å². The van der Waals surface area contributed by atoms with Gasteiger partial charge in [-0.15, -0.1) is 22.7 Å². The zero-order valence-corrected chi connectivity index (χ0v) is 38.5. The summed E-state index contributed by atoms with van der Waals surface area (Å²) in [6.45, 7) is 14.9. The fourth-order valence-electron chi connectivity index (χ4n) is 8.19. The minimum absolute atomic E-state index is 0.143. The molecule has 0 radical (unpaired) electrons. The lowest BCUT2D eigenvalue weighted by Gasteiger charge is -2.21. The first-order valence-electron chi connectivity index (χ1n) is 23.3. The van der Waals surface area contributed by atoms with Crippen LogP contribution in [-0.2, 0) is 0 Å². The largest absolute Gasteiger partial charge is 0.492 e. The van der Waals surface area contributed by atoms with Gasteiger partial charge in [-0.2, -0.15) is 0 Å². The summed E-state index contributed by atoms with van der Waals surface area (Å²) in [4.78, 5) is 34.0. The number of hydrogen-bond donors (Lipinski definition) is 0. The Hall–Kier alpha value is -2.64. The van der Waals surface area contributed by atoms with Crippen LogP contribution < -0.4 is 9.47 Å². The van der Waals surface area contributed by atoms with Gasteiger partial charge in [0, 0.05) is 21.9 Å². The summed E-state index contributed by atoms with van der Waals surface area (Å²) in [5, 5.41) is 0. The topological polar surface area (TPSA) is 55.8 Å². The number of nitrogens with zero attached hydrogens (tertiary/aromatic N) is 1. The van der Waals surface area contributed by atoms with E-state index < -0.39 is 0 Å². The number of thiophene rings is 2. The molecule has 0 saturated heterocycles. The lowest BCUT2D eigenvalue weighted by Crippen LogP contribution is -2.34. The summed E-state index contributed by atoms with van der Waals surface area (Å²) in [5.74, 6) is 1.80. The molecule has 7 heteroatoms. The molecule has 57 heavy (non-hydrogen) atoms. The van der Waals surface area contributed by atoms with Gasteiger partial charge >= 0.3 is 0 Å². The Kier molecular flexibility index (Phi) is 21.8. The molecule has 1 aliphatic rings. The zero-order valence-electron chi connectivity index (χ0n) is 36.9. The first-order chi connectivity index (χ1) is 27.8. The van der Waals surface area contributed by atoms with Crippen LogP contribution in [0.1, 0.15) is 213 Å². The summed E-state index contributed by atoms with van der Waals surface area (Å²) < 4.78 is 13.2. The molecule has 3 aromatic rings. The van der Waals surface area contributed by atoms with E-state index in [9.17, 15) is 9.59 Å². The number of amides is 2. The summed E-state index contributed by atoms with van der Waals surface area (Å²) in [6.07, 6.45) is 30.0. The van der Waals surface area contributed by atoms with Crippen LogP contribution in [0.3, 0.4) is 0 Å².